The molecule has 6 rings (SSSR count). The molecule has 6 aromatic carbocycles. The van der Waals surface area contributed by atoms with Gasteiger partial charge in [-0.05, 0) is 11.1 Å². The average molecular weight is 609 g/mol. The van der Waals surface area contributed by atoms with Crippen LogP contribution in [0.25, 0.3) is 43.8 Å². The fourth-order valence-corrected chi connectivity index (χ4v) is 4.51. The van der Waals surface area contributed by atoms with Crippen molar-refractivity contribution in [2.75, 3.05) is 0 Å². The van der Waals surface area contributed by atoms with Crippen LogP contribution in [0, 0.1) is 19.2 Å². The van der Waals surface area contributed by atoms with Crippen LogP contribution in [-0.4, -0.2) is 6.88 Å². The molecular formula is C35H34ClSiZr-3. The first-order chi connectivity index (χ1) is 18.4. The molecule has 0 amide bonds. The van der Waals surface area contributed by atoms with Crippen molar-refractivity contribution in [1.82, 2.24) is 0 Å². The van der Waals surface area contributed by atoms with Crippen molar-refractivity contribution in [3.8, 4) is 22.3 Å². The molecule has 192 valence electrons. The molecule has 3 heteroatoms. The fourth-order valence-electron chi connectivity index (χ4n) is 4.51. The van der Waals surface area contributed by atoms with Crippen LogP contribution in [0.3, 0.4) is 0 Å². The van der Waals surface area contributed by atoms with Gasteiger partial charge in [-0.25, -0.2) is 5.38 Å². The summed E-state index contributed by atoms with van der Waals surface area (Å²) in [6.07, 6.45) is 0. The first-order valence-corrected chi connectivity index (χ1v) is 19.0. The monoisotopic (exact) mass is 607 g/mol. The third kappa shape index (κ3) is 8.24. The molecule has 0 nitrogen and oxygen atoms in total. The van der Waals surface area contributed by atoms with Crippen molar-refractivity contribution in [1.29, 1.82) is 0 Å². The van der Waals surface area contributed by atoms with Crippen LogP contribution in [0.15, 0.2) is 121 Å². The van der Waals surface area contributed by atoms with Gasteiger partial charge in [0.1, 0.15) is 0 Å². The predicted octanol–water partition coefficient (Wildman–Crippen LogP) is 9.95. The Bertz CT molecular complexity index is 1430. The van der Waals surface area contributed by atoms with E-state index < -0.39 is 0 Å². The molecular weight excluding hydrogens is 575 g/mol. The third-order valence-corrected chi connectivity index (χ3v) is 5.96. The van der Waals surface area contributed by atoms with E-state index in [-0.39, 0.29) is 0 Å². The Hall–Kier alpha value is -2.51. The molecule has 0 bridgehead atoms. The molecule has 0 radical (unpaired) electrons. The molecule has 0 atom stereocenters. The molecule has 0 fully saturated rings. The van der Waals surface area contributed by atoms with E-state index in [1.807, 2.05) is 20.7 Å². The molecule has 0 unspecified atom stereocenters. The molecule has 0 spiro atoms. The number of rotatable bonds is 2. The van der Waals surface area contributed by atoms with Gasteiger partial charge < -0.3 is 11.6 Å². The summed E-state index contributed by atoms with van der Waals surface area (Å²) in [6, 6.07) is 43.1. The van der Waals surface area contributed by atoms with Crippen molar-refractivity contribution < 1.29 is 23.3 Å². The number of fused-ring (bicyclic) bond motifs is 2. The van der Waals surface area contributed by atoms with E-state index in [9.17, 15) is 0 Å². The summed E-state index contributed by atoms with van der Waals surface area (Å²) in [4.78, 5) is 0. The van der Waals surface area contributed by atoms with Gasteiger partial charge in [-0.2, -0.15) is 26.0 Å². The number of halogens is 1. The zero-order chi connectivity index (χ0) is 27.5. The van der Waals surface area contributed by atoms with Crippen LogP contribution in [0.5, 0.6) is 0 Å². The number of benzene rings is 4. The first-order valence-electron chi connectivity index (χ1n) is 12.7. The second-order valence-electron chi connectivity index (χ2n) is 9.29. The van der Waals surface area contributed by atoms with E-state index in [1.54, 1.807) is 23.3 Å². The van der Waals surface area contributed by atoms with Crippen molar-refractivity contribution >= 4 is 40.0 Å². The van der Waals surface area contributed by atoms with Gasteiger partial charge in [0.15, 0.2) is 0 Å². The summed E-state index contributed by atoms with van der Waals surface area (Å²) >= 11 is 6.77. The van der Waals surface area contributed by atoms with Gasteiger partial charge in [0.05, 0.1) is 0 Å². The maximum atomic E-state index is 5.19. The number of hydrogen-bond donors (Lipinski definition) is 0. The van der Waals surface area contributed by atoms with Crippen molar-refractivity contribution in [2.45, 2.75) is 27.7 Å². The second kappa shape index (κ2) is 15.2. The van der Waals surface area contributed by atoms with E-state index in [2.05, 4.69) is 135 Å². The molecule has 0 aliphatic heterocycles. The minimum atomic E-state index is 0.889. The first kappa shape index (κ1) is 30.0. The van der Waals surface area contributed by atoms with Gasteiger partial charge in [0.25, 0.3) is 0 Å². The molecule has 0 aromatic heterocycles. The van der Waals surface area contributed by atoms with E-state index in [0.717, 1.165) is 5.38 Å². The topological polar surface area (TPSA) is 0 Å². The van der Waals surface area contributed by atoms with Crippen LogP contribution in [0.2, 0.25) is 0 Å². The van der Waals surface area contributed by atoms with Crippen molar-refractivity contribution in [3.05, 3.63) is 138 Å². The van der Waals surface area contributed by atoms with Crippen LogP contribution < -0.4 is 0 Å². The van der Waals surface area contributed by atoms with E-state index in [0.29, 0.717) is 0 Å². The van der Waals surface area contributed by atoms with Gasteiger partial charge >= 0.3 is 30.2 Å². The van der Waals surface area contributed by atoms with E-state index in [4.69, 9.17) is 11.6 Å². The van der Waals surface area contributed by atoms with Gasteiger partial charge in [0, 0.05) is 0 Å². The molecule has 0 saturated heterocycles. The summed E-state index contributed by atoms with van der Waals surface area (Å²) in [5, 5.41) is 6.26. The maximum absolute atomic E-state index is 5.19. The summed E-state index contributed by atoms with van der Waals surface area (Å²) in [6.45, 7) is 9.94. The molecule has 6 aromatic rings. The zero-order valence-electron chi connectivity index (χ0n) is 22.6. The van der Waals surface area contributed by atoms with Crippen molar-refractivity contribution in [2.24, 2.45) is 0 Å². The molecule has 38 heavy (non-hydrogen) atoms. The number of aryl methyl sites for hydroxylation is 2. The zero-order valence-corrected chi connectivity index (χ0v) is 27.3. The summed E-state index contributed by atoms with van der Waals surface area (Å²) in [7, 11) is 0. The second-order valence-corrected chi connectivity index (χ2v) is 10.0. The minimum absolute atomic E-state index is 0.889. The molecule has 0 N–H and O–H groups in total. The Kier molecular flexibility index (Phi) is 12.0. The normalized spacial score (nSPS) is 10.1. The molecule has 0 heterocycles. The Morgan fingerprint density at radius 1 is 0.579 bits per heavy atom. The van der Waals surface area contributed by atoms with Crippen LogP contribution >= 0.6 is 11.6 Å². The van der Waals surface area contributed by atoms with Crippen molar-refractivity contribution in [3.63, 3.8) is 0 Å². The molecule has 0 saturated carbocycles. The molecule has 0 aliphatic carbocycles. The average Bonchev–Trinajstić information content (AvgIpc) is 3.51. The van der Waals surface area contributed by atoms with Gasteiger partial charge in [0.2, 0.25) is 0 Å². The van der Waals surface area contributed by atoms with Gasteiger partial charge in [-0.1, -0.05) is 97.8 Å². The molecule has 0 aliphatic rings. The Balaban J connectivity index is 0.000000175. The summed E-state index contributed by atoms with van der Waals surface area (Å²) in [5.41, 5.74) is 7.89. The Morgan fingerprint density at radius 2 is 0.921 bits per heavy atom. The standard InChI is InChI=1S/2C16H13.C3H6Cl.H2Si.Zr/c2*1-12-10-14-8-5-9-15(16(14)11-12)13-6-3-2-4-7-13;1-3(2)4;;/h2*2-11H,1H3;1-2H3;1H2;/q3*-1;;. The quantitative estimate of drug-likeness (QED) is 0.135. The Morgan fingerprint density at radius 3 is 1.26 bits per heavy atom. The summed E-state index contributed by atoms with van der Waals surface area (Å²) < 4.78 is 0. The van der Waals surface area contributed by atoms with Gasteiger partial charge in [-0.3, -0.25) is 0 Å². The fraction of sp³-hybridized carbons (Fsp3) is 0.114. The van der Waals surface area contributed by atoms with Crippen LogP contribution in [0.1, 0.15) is 25.0 Å². The summed E-state index contributed by atoms with van der Waals surface area (Å²) in [5.74, 6) is 0. The Labute approximate surface area is 249 Å². The third-order valence-electron chi connectivity index (χ3n) is 5.96. The number of hydrogen-bond acceptors (Lipinski definition) is 0. The van der Waals surface area contributed by atoms with E-state index >= 15 is 0 Å². The van der Waals surface area contributed by atoms with E-state index in [1.165, 1.54) is 54.9 Å². The SMILES string of the molecule is C[C-](C)Cl.Cc1cc2c(-c3ccccc3)cccc2[cH-]1.Cc1cc2c(-c3ccccc3)cccc2[cH-]1.[SiH2]=[Zr]. The van der Waals surface area contributed by atoms with Crippen LogP contribution in [-0.2, 0) is 23.3 Å². The van der Waals surface area contributed by atoms with Gasteiger partial charge in [-0.15, -0.1) is 69.1 Å². The predicted molar refractivity (Wildman–Crippen MR) is 168 cm³/mol. The van der Waals surface area contributed by atoms with Crippen LogP contribution in [0.4, 0.5) is 0 Å².